The van der Waals surface area contributed by atoms with Crippen molar-refractivity contribution in [1.82, 2.24) is 15.1 Å². The van der Waals surface area contributed by atoms with Crippen molar-refractivity contribution in [1.29, 1.82) is 0 Å². The van der Waals surface area contributed by atoms with Gasteiger partial charge in [-0.15, -0.1) is 0 Å². The van der Waals surface area contributed by atoms with E-state index in [-0.39, 0.29) is 0 Å². The SMILES string of the molecule is CCC(C)(CNC)CN1CCN(C(C)C)CC1. The molecule has 0 saturated carbocycles. The van der Waals surface area contributed by atoms with Gasteiger partial charge in [0.15, 0.2) is 0 Å². The van der Waals surface area contributed by atoms with Gasteiger partial charge in [-0.25, -0.2) is 0 Å². The molecule has 1 N–H and O–H groups in total. The summed E-state index contributed by atoms with van der Waals surface area (Å²) in [5.74, 6) is 0. The molecule has 0 aromatic heterocycles. The largest absolute Gasteiger partial charge is 0.319 e. The molecule has 0 aliphatic carbocycles. The molecule has 0 spiro atoms. The van der Waals surface area contributed by atoms with Gasteiger partial charge in [0, 0.05) is 45.3 Å². The van der Waals surface area contributed by atoms with Gasteiger partial charge in [-0.1, -0.05) is 13.8 Å². The van der Waals surface area contributed by atoms with E-state index in [0.717, 1.165) is 6.54 Å². The van der Waals surface area contributed by atoms with E-state index in [1.54, 1.807) is 0 Å². The van der Waals surface area contributed by atoms with Crippen LogP contribution in [0.1, 0.15) is 34.1 Å². The van der Waals surface area contributed by atoms with E-state index in [9.17, 15) is 0 Å². The first-order chi connectivity index (χ1) is 8.00. The van der Waals surface area contributed by atoms with E-state index in [4.69, 9.17) is 0 Å². The number of piperazine rings is 1. The summed E-state index contributed by atoms with van der Waals surface area (Å²) < 4.78 is 0. The van der Waals surface area contributed by atoms with E-state index in [1.165, 1.54) is 39.1 Å². The molecule has 1 aliphatic rings. The van der Waals surface area contributed by atoms with Gasteiger partial charge in [0.2, 0.25) is 0 Å². The predicted octanol–water partition coefficient (Wildman–Crippen LogP) is 1.65. The maximum absolute atomic E-state index is 3.34. The van der Waals surface area contributed by atoms with Crippen molar-refractivity contribution < 1.29 is 0 Å². The van der Waals surface area contributed by atoms with Crippen LogP contribution in [0.15, 0.2) is 0 Å². The highest BCUT2D eigenvalue weighted by Gasteiger charge is 2.27. The lowest BCUT2D eigenvalue weighted by Crippen LogP contribution is -2.52. The molecule has 17 heavy (non-hydrogen) atoms. The van der Waals surface area contributed by atoms with Crippen LogP contribution in [0.3, 0.4) is 0 Å². The van der Waals surface area contributed by atoms with Crippen molar-refractivity contribution in [2.75, 3.05) is 46.3 Å². The Bertz CT molecular complexity index is 210. The fraction of sp³-hybridized carbons (Fsp3) is 1.00. The Kier molecular flexibility index (Phi) is 5.90. The van der Waals surface area contributed by atoms with Crippen LogP contribution in [0, 0.1) is 5.41 Å². The zero-order chi connectivity index (χ0) is 12.9. The first kappa shape index (κ1) is 14.9. The van der Waals surface area contributed by atoms with E-state index in [0.29, 0.717) is 11.5 Å². The van der Waals surface area contributed by atoms with Crippen LogP contribution < -0.4 is 5.32 Å². The highest BCUT2D eigenvalue weighted by atomic mass is 15.3. The van der Waals surface area contributed by atoms with Crippen LogP contribution in [-0.4, -0.2) is 62.2 Å². The van der Waals surface area contributed by atoms with Gasteiger partial charge in [-0.2, -0.15) is 0 Å². The Hall–Kier alpha value is -0.120. The zero-order valence-electron chi connectivity index (χ0n) is 12.4. The minimum Gasteiger partial charge on any atom is -0.319 e. The molecule has 1 heterocycles. The third-order valence-electron chi connectivity index (χ3n) is 4.20. The quantitative estimate of drug-likeness (QED) is 0.763. The monoisotopic (exact) mass is 241 g/mol. The first-order valence-corrected chi connectivity index (χ1v) is 7.12. The van der Waals surface area contributed by atoms with Crippen molar-refractivity contribution in [2.45, 2.75) is 40.2 Å². The molecule has 0 aromatic rings. The Morgan fingerprint density at radius 2 is 1.76 bits per heavy atom. The van der Waals surface area contributed by atoms with Crippen LogP contribution in [0.5, 0.6) is 0 Å². The van der Waals surface area contributed by atoms with Crippen molar-refractivity contribution in [2.24, 2.45) is 5.41 Å². The maximum atomic E-state index is 3.34. The van der Waals surface area contributed by atoms with Crippen molar-refractivity contribution >= 4 is 0 Å². The topological polar surface area (TPSA) is 18.5 Å². The Labute approximate surface area is 108 Å². The van der Waals surface area contributed by atoms with Gasteiger partial charge in [0.25, 0.3) is 0 Å². The van der Waals surface area contributed by atoms with Gasteiger partial charge in [-0.05, 0) is 32.7 Å². The van der Waals surface area contributed by atoms with Gasteiger partial charge in [0.05, 0.1) is 0 Å². The van der Waals surface area contributed by atoms with Crippen LogP contribution in [-0.2, 0) is 0 Å². The molecule has 0 bridgehead atoms. The molecule has 1 unspecified atom stereocenters. The molecule has 1 atom stereocenters. The zero-order valence-corrected chi connectivity index (χ0v) is 12.4. The minimum absolute atomic E-state index is 0.425. The number of nitrogens with one attached hydrogen (secondary N) is 1. The molecule has 3 heteroatoms. The summed E-state index contributed by atoms with van der Waals surface area (Å²) >= 11 is 0. The van der Waals surface area contributed by atoms with E-state index >= 15 is 0 Å². The molecule has 0 radical (unpaired) electrons. The van der Waals surface area contributed by atoms with Crippen LogP contribution in [0.25, 0.3) is 0 Å². The summed E-state index contributed by atoms with van der Waals surface area (Å²) in [4.78, 5) is 5.22. The second-order valence-corrected chi connectivity index (χ2v) is 6.10. The number of hydrogen-bond acceptors (Lipinski definition) is 3. The molecule has 1 aliphatic heterocycles. The Balaban J connectivity index is 2.38. The van der Waals surface area contributed by atoms with Gasteiger partial charge < -0.3 is 10.2 Å². The minimum atomic E-state index is 0.425. The number of nitrogens with zero attached hydrogens (tertiary/aromatic N) is 2. The Morgan fingerprint density at radius 3 is 2.18 bits per heavy atom. The lowest BCUT2D eigenvalue weighted by atomic mass is 9.86. The highest BCUT2D eigenvalue weighted by molar-refractivity contribution is 4.82. The average Bonchev–Trinajstić information content (AvgIpc) is 2.30. The normalized spacial score (nSPS) is 22.9. The maximum Gasteiger partial charge on any atom is 0.0113 e. The van der Waals surface area contributed by atoms with Gasteiger partial charge in [0.1, 0.15) is 0 Å². The van der Waals surface area contributed by atoms with E-state index < -0.39 is 0 Å². The lowest BCUT2D eigenvalue weighted by Gasteiger charge is -2.41. The van der Waals surface area contributed by atoms with Crippen LogP contribution in [0.2, 0.25) is 0 Å². The van der Waals surface area contributed by atoms with Crippen molar-refractivity contribution in [3.05, 3.63) is 0 Å². The lowest BCUT2D eigenvalue weighted by molar-refractivity contribution is 0.0743. The third-order valence-corrected chi connectivity index (χ3v) is 4.20. The molecule has 1 fully saturated rings. The second kappa shape index (κ2) is 6.72. The van der Waals surface area contributed by atoms with E-state index in [2.05, 4.69) is 49.9 Å². The predicted molar refractivity (Wildman–Crippen MR) is 75.5 cm³/mol. The summed E-state index contributed by atoms with van der Waals surface area (Å²) in [6, 6.07) is 0.701. The summed E-state index contributed by atoms with van der Waals surface area (Å²) in [6.45, 7) is 16.6. The second-order valence-electron chi connectivity index (χ2n) is 6.10. The Morgan fingerprint density at radius 1 is 1.18 bits per heavy atom. The van der Waals surface area contributed by atoms with Crippen molar-refractivity contribution in [3.63, 3.8) is 0 Å². The molecular weight excluding hydrogens is 210 g/mol. The fourth-order valence-electron chi connectivity index (χ4n) is 2.70. The van der Waals surface area contributed by atoms with Gasteiger partial charge in [-0.3, -0.25) is 4.90 Å². The number of rotatable bonds is 6. The van der Waals surface area contributed by atoms with Crippen molar-refractivity contribution in [3.8, 4) is 0 Å². The highest BCUT2D eigenvalue weighted by Crippen LogP contribution is 2.22. The molecule has 0 amide bonds. The molecule has 102 valence electrons. The van der Waals surface area contributed by atoms with Gasteiger partial charge >= 0.3 is 0 Å². The summed E-state index contributed by atoms with van der Waals surface area (Å²) in [5.41, 5.74) is 0.425. The summed E-state index contributed by atoms with van der Waals surface area (Å²) in [5, 5.41) is 3.34. The van der Waals surface area contributed by atoms with Crippen LogP contribution >= 0.6 is 0 Å². The molecule has 0 aromatic carbocycles. The summed E-state index contributed by atoms with van der Waals surface area (Å²) in [7, 11) is 2.06. The smallest absolute Gasteiger partial charge is 0.0113 e. The van der Waals surface area contributed by atoms with E-state index in [1.807, 2.05) is 0 Å². The number of hydrogen-bond donors (Lipinski definition) is 1. The standard InChI is InChI=1S/C14H31N3/c1-6-14(4,11-15-5)12-16-7-9-17(10-8-16)13(2)3/h13,15H,6-12H2,1-5H3. The average molecular weight is 241 g/mol. The van der Waals surface area contributed by atoms with Crippen LogP contribution in [0.4, 0.5) is 0 Å². The molecule has 1 rings (SSSR count). The third kappa shape index (κ3) is 4.57. The molecule has 3 nitrogen and oxygen atoms in total. The fourth-order valence-corrected chi connectivity index (χ4v) is 2.70. The molecule has 1 saturated heterocycles. The summed E-state index contributed by atoms with van der Waals surface area (Å²) in [6.07, 6.45) is 1.25. The molecular formula is C14H31N3. The first-order valence-electron chi connectivity index (χ1n) is 7.12.